The lowest BCUT2D eigenvalue weighted by Crippen LogP contribution is -2.25. The number of benzene rings is 1. The number of nitrogens with zero attached hydrogens (tertiary/aromatic N) is 7. The number of aromatic nitrogens is 5. The molecule has 1 aromatic carbocycles. The van der Waals surface area contributed by atoms with Crippen LogP contribution in [0, 0.1) is 0 Å². The van der Waals surface area contributed by atoms with Crippen LogP contribution < -0.4 is 24.8 Å². The first-order valence-electron chi connectivity index (χ1n) is 8.97. The monoisotopic (exact) mass is 397 g/mol. The van der Waals surface area contributed by atoms with Gasteiger partial charge < -0.3 is 19.3 Å². The van der Waals surface area contributed by atoms with Gasteiger partial charge in [0, 0.05) is 40.3 Å². The molecule has 0 amide bonds. The van der Waals surface area contributed by atoms with Gasteiger partial charge in [-0.25, -0.2) is 4.68 Å². The molecule has 0 bridgehead atoms. The molecule has 0 radical (unpaired) electrons. The maximum atomic E-state index is 12.1. The Morgan fingerprint density at radius 3 is 2.17 bits per heavy atom. The van der Waals surface area contributed by atoms with Gasteiger partial charge in [0.05, 0.1) is 6.54 Å². The highest BCUT2D eigenvalue weighted by Gasteiger charge is 2.12. The van der Waals surface area contributed by atoms with Crippen LogP contribution in [-0.4, -0.2) is 59.5 Å². The van der Waals surface area contributed by atoms with Gasteiger partial charge in [-0.1, -0.05) is 18.2 Å². The average molecular weight is 397 g/mol. The minimum absolute atomic E-state index is 0.0886. The Bertz CT molecular complexity index is 980. The SMILES string of the molecule is CN(C)c1nc(Oc2ccc(=O)n(CCOc3ccccc3)n2)nc(N(C)C)n1. The van der Waals surface area contributed by atoms with Crippen molar-refractivity contribution in [2.75, 3.05) is 44.6 Å². The second kappa shape index (κ2) is 9.00. The van der Waals surface area contributed by atoms with Gasteiger partial charge in [-0.15, -0.1) is 5.10 Å². The molecule has 3 aromatic rings. The zero-order chi connectivity index (χ0) is 20.8. The Labute approximate surface area is 168 Å². The summed E-state index contributed by atoms with van der Waals surface area (Å²) in [5.74, 6) is 1.82. The fourth-order valence-electron chi connectivity index (χ4n) is 2.29. The van der Waals surface area contributed by atoms with Crippen LogP contribution in [0.5, 0.6) is 17.6 Å². The number of hydrogen-bond donors (Lipinski definition) is 0. The zero-order valence-electron chi connectivity index (χ0n) is 16.8. The summed E-state index contributed by atoms with van der Waals surface area (Å²) < 4.78 is 12.6. The largest absolute Gasteiger partial charge is 0.492 e. The molecule has 3 rings (SSSR count). The zero-order valence-corrected chi connectivity index (χ0v) is 16.8. The molecular weight excluding hydrogens is 374 g/mol. The van der Waals surface area contributed by atoms with E-state index in [-0.39, 0.29) is 24.0 Å². The van der Waals surface area contributed by atoms with E-state index < -0.39 is 0 Å². The third-order valence-electron chi connectivity index (χ3n) is 3.74. The van der Waals surface area contributed by atoms with Crippen molar-refractivity contribution in [3.8, 4) is 17.6 Å². The second-order valence-electron chi connectivity index (χ2n) is 6.50. The van der Waals surface area contributed by atoms with E-state index in [9.17, 15) is 4.79 Å². The fourth-order valence-corrected chi connectivity index (χ4v) is 2.29. The lowest BCUT2D eigenvalue weighted by molar-refractivity contribution is 0.283. The highest BCUT2D eigenvalue weighted by atomic mass is 16.5. The lowest BCUT2D eigenvalue weighted by Gasteiger charge is -2.16. The minimum Gasteiger partial charge on any atom is -0.492 e. The summed E-state index contributed by atoms with van der Waals surface area (Å²) in [7, 11) is 7.29. The lowest BCUT2D eigenvalue weighted by atomic mass is 10.3. The Kier molecular flexibility index (Phi) is 6.22. The number of para-hydroxylation sites is 1. The molecule has 0 aliphatic heterocycles. The molecule has 10 heteroatoms. The van der Waals surface area contributed by atoms with E-state index in [1.165, 1.54) is 16.8 Å². The predicted octanol–water partition coefficient (Wildman–Crippen LogP) is 1.43. The summed E-state index contributed by atoms with van der Waals surface area (Å²) in [6.07, 6.45) is 0. The minimum atomic E-state index is -0.257. The molecule has 0 aliphatic rings. The number of ether oxygens (including phenoxy) is 2. The standard InChI is InChI=1S/C19H23N7O3/c1-24(2)17-20-18(25(3)4)22-19(21-17)29-15-10-11-16(27)26(23-15)12-13-28-14-8-6-5-7-9-14/h5-11H,12-13H2,1-4H3. The van der Waals surface area contributed by atoms with Gasteiger partial charge in [0.2, 0.25) is 17.8 Å². The van der Waals surface area contributed by atoms with Gasteiger partial charge in [0.25, 0.3) is 5.56 Å². The van der Waals surface area contributed by atoms with Crippen molar-refractivity contribution in [2.24, 2.45) is 0 Å². The summed E-state index contributed by atoms with van der Waals surface area (Å²) in [6, 6.07) is 12.3. The van der Waals surface area contributed by atoms with Crippen molar-refractivity contribution in [1.82, 2.24) is 24.7 Å². The molecule has 0 N–H and O–H groups in total. The fraction of sp³-hybridized carbons (Fsp3) is 0.316. The van der Waals surface area contributed by atoms with E-state index in [1.807, 2.05) is 58.5 Å². The third kappa shape index (κ3) is 5.41. The summed E-state index contributed by atoms with van der Waals surface area (Å²) in [5, 5.41) is 4.22. The van der Waals surface area contributed by atoms with Gasteiger partial charge in [-0.05, 0) is 12.1 Å². The summed E-state index contributed by atoms with van der Waals surface area (Å²) in [5.41, 5.74) is -0.257. The summed E-state index contributed by atoms with van der Waals surface area (Å²) in [6.45, 7) is 0.565. The molecule has 0 atom stereocenters. The van der Waals surface area contributed by atoms with E-state index in [0.29, 0.717) is 18.5 Å². The Hall–Kier alpha value is -3.69. The van der Waals surface area contributed by atoms with Crippen LogP contribution in [-0.2, 0) is 6.54 Å². The first-order chi connectivity index (χ1) is 13.9. The van der Waals surface area contributed by atoms with Crippen LogP contribution >= 0.6 is 0 Å². The Morgan fingerprint density at radius 2 is 1.55 bits per heavy atom. The third-order valence-corrected chi connectivity index (χ3v) is 3.74. The molecule has 2 aromatic heterocycles. The molecule has 0 aliphatic carbocycles. The van der Waals surface area contributed by atoms with E-state index >= 15 is 0 Å². The number of hydrogen-bond acceptors (Lipinski definition) is 9. The van der Waals surface area contributed by atoms with Crippen molar-refractivity contribution in [3.05, 3.63) is 52.8 Å². The van der Waals surface area contributed by atoms with Gasteiger partial charge in [0.15, 0.2) is 0 Å². The van der Waals surface area contributed by atoms with Crippen molar-refractivity contribution in [2.45, 2.75) is 6.54 Å². The van der Waals surface area contributed by atoms with E-state index in [1.54, 1.807) is 9.80 Å². The van der Waals surface area contributed by atoms with Gasteiger partial charge >= 0.3 is 6.01 Å². The number of rotatable bonds is 8. The van der Waals surface area contributed by atoms with Crippen molar-refractivity contribution >= 4 is 11.9 Å². The first kappa shape index (κ1) is 20.1. The molecule has 0 saturated carbocycles. The molecule has 0 fully saturated rings. The highest BCUT2D eigenvalue weighted by Crippen LogP contribution is 2.19. The maximum Gasteiger partial charge on any atom is 0.330 e. The molecule has 152 valence electrons. The van der Waals surface area contributed by atoms with E-state index in [4.69, 9.17) is 9.47 Å². The van der Waals surface area contributed by atoms with Crippen LogP contribution in [0.3, 0.4) is 0 Å². The molecule has 10 nitrogen and oxygen atoms in total. The molecule has 29 heavy (non-hydrogen) atoms. The van der Waals surface area contributed by atoms with Crippen molar-refractivity contribution in [3.63, 3.8) is 0 Å². The molecule has 0 saturated heterocycles. The smallest absolute Gasteiger partial charge is 0.330 e. The van der Waals surface area contributed by atoms with Gasteiger partial charge in [-0.2, -0.15) is 15.0 Å². The molecule has 0 unspecified atom stereocenters. The van der Waals surface area contributed by atoms with Crippen LogP contribution in [0.2, 0.25) is 0 Å². The van der Waals surface area contributed by atoms with Crippen LogP contribution in [0.1, 0.15) is 0 Å². The van der Waals surface area contributed by atoms with Crippen LogP contribution in [0.25, 0.3) is 0 Å². The Morgan fingerprint density at radius 1 is 0.897 bits per heavy atom. The number of anilines is 2. The maximum absolute atomic E-state index is 12.1. The predicted molar refractivity (Wildman–Crippen MR) is 109 cm³/mol. The van der Waals surface area contributed by atoms with Gasteiger partial charge in [0.1, 0.15) is 12.4 Å². The first-order valence-corrected chi connectivity index (χ1v) is 8.97. The Balaban J connectivity index is 1.75. The van der Waals surface area contributed by atoms with Crippen molar-refractivity contribution in [1.29, 1.82) is 0 Å². The molecular formula is C19H23N7O3. The normalized spacial score (nSPS) is 10.5. The van der Waals surface area contributed by atoms with E-state index in [0.717, 1.165) is 5.75 Å². The van der Waals surface area contributed by atoms with Gasteiger partial charge in [-0.3, -0.25) is 4.79 Å². The molecule has 0 spiro atoms. The molecule has 2 heterocycles. The topological polar surface area (TPSA) is 98.5 Å². The summed E-state index contributed by atoms with van der Waals surface area (Å²) in [4.78, 5) is 28.4. The van der Waals surface area contributed by atoms with Crippen LogP contribution in [0.15, 0.2) is 47.3 Å². The van der Waals surface area contributed by atoms with Crippen molar-refractivity contribution < 1.29 is 9.47 Å². The average Bonchev–Trinajstić information content (AvgIpc) is 2.71. The van der Waals surface area contributed by atoms with Crippen LogP contribution in [0.4, 0.5) is 11.9 Å². The highest BCUT2D eigenvalue weighted by molar-refractivity contribution is 5.38. The second-order valence-corrected chi connectivity index (χ2v) is 6.50. The van der Waals surface area contributed by atoms with E-state index in [2.05, 4.69) is 20.1 Å². The summed E-state index contributed by atoms with van der Waals surface area (Å²) >= 11 is 0. The quantitative estimate of drug-likeness (QED) is 0.559.